The van der Waals surface area contributed by atoms with Crippen LogP contribution in [0.25, 0.3) is 21.5 Å². The lowest BCUT2D eigenvalue weighted by molar-refractivity contribution is 0.443. The number of fused-ring (bicyclic) bond motifs is 2. The van der Waals surface area contributed by atoms with Gasteiger partial charge in [-0.05, 0) is 181 Å². The second-order valence-electron chi connectivity index (χ2n) is 21.9. The van der Waals surface area contributed by atoms with Crippen LogP contribution in [0.15, 0.2) is 121 Å². The molecule has 2 aliphatic carbocycles. The average molecular weight is 845 g/mol. The van der Waals surface area contributed by atoms with Gasteiger partial charge in [-0.25, -0.2) is 0 Å². The Morgan fingerprint density at radius 3 is 0.984 bits per heavy atom. The van der Waals surface area contributed by atoms with E-state index in [0.717, 1.165) is 0 Å². The highest BCUT2D eigenvalue weighted by molar-refractivity contribution is 6.23. The molecular weight excluding hydrogens is 773 g/mol. The number of rotatable bonds is 8. The zero-order valence-corrected chi connectivity index (χ0v) is 40.7. The first kappa shape index (κ1) is 43.9. The second kappa shape index (κ2) is 17.6. The van der Waals surface area contributed by atoms with Gasteiger partial charge in [0.2, 0.25) is 0 Å². The number of nitrogens with zero attached hydrogens (tertiary/aromatic N) is 2. The third-order valence-electron chi connectivity index (χ3n) is 14.6. The highest BCUT2D eigenvalue weighted by Gasteiger charge is 2.29. The smallest absolute Gasteiger partial charge is 0.0620 e. The van der Waals surface area contributed by atoms with Gasteiger partial charge in [-0.3, -0.25) is 0 Å². The molecule has 0 atom stereocenters. The summed E-state index contributed by atoms with van der Waals surface area (Å²) in [5, 5.41) is 5.04. The Morgan fingerprint density at radius 1 is 0.344 bits per heavy atom. The molecule has 7 aromatic carbocycles. The van der Waals surface area contributed by atoms with Gasteiger partial charge in [-0.2, -0.15) is 0 Å². The quantitative estimate of drug-likeness (QED) is 0.111. The Bertz CT molecular complexity index is 2550. The Kier molecular flexibility index (Phi) is 12.0. The molecule has 9 rings (SSSR count). The van der Waals surface area contributed by atoms with E-state index in [9.17, 15) is 0 Å². The summed E-state index contributed by atoms with van der Waals surface area (Å²) in [5.74, 6) is 1.30. The Balaban J connectivity index is 1.40. The lowest BCUT2D eigenvalue weighted by atomic mass is 9.82. The molecule has 2 aliphatic rings. The van der Waals surface area contributed by atoms with Crippen molar-refractivity contribution in [3.63, 3.8) is 0 Å². The van der Waals surface area contributed by atoms with E-state index >= 15 is 0 Å². The van der Waals surface area contributed by atoms with Crippen LogP contribution in [0, 0.1) is 27.7 Å². The van der Waals surface area contributed by atoms with Crippen molar-refractivity contribution in [3.05, 3.63) is 166 Å². The molecule has 0 aliphatic heterocycles. The third-order valence-corrected chi connectivity index (χ3v) is 14.6. The fraction of sp³-hybridized carbons (Fsp3) is 0.387. The second-order valence-corrected chi connectivity index (χ2v) is 21.9. The summed E-state index contributed by atoms with van der Waals surface area (Å²) < 4.78 is 0. The van der Waals surface area contributed by atoms with E-state index < -0.39 is 0 Å². The lowest BCUT2D eigenvalue weighted by Crippen LogP contribution is -2.17. The van der Waals surface area contributed by atoms with Crippen LogP contribution >= 0.6 is 0 Å². The minimum Gasteiger partial charge on any atom is -0.309 e. The largest absolute Gasteiger partial charge is 0.309 e. The molecule has 2 nitrogen and oxygen atoms in total. The van der Waals surface area contributed by atoms with Crippen LogP contribution in [0.4, 0.5) is 34.1 Å². The molecule has 0 amide bonds. The molecule has 0 N–H and O–H groups in total. The van der Waals surface area contributed by atoms with E-state index in [4.69, 9.17) is 0 Å². The van der Waals surface area contributed by atoms with Crippen molar-refractivity contribution < 1.29 is 0 Å². The average Bonchev–Trinajstić information content (AvgIpc) is 3.26. The predicted molar refractivity (Wildman–Crippen MR) is 279 cm³/mol. The number of hydrogen-bond donors (Lipinski definition) is 0. The summed E-state index contributed by atoms with van der Waals surface area (Å²) in [7, 11) is 0. The molecule has 330 valence electrons. The van der Waals surface area contributed by atoms with Crippen LogP contribution < -0.4 is 9.80 Å². The summed E-state index contributed by atoms with van der Waals surface area (Å²) >= 11 is 0. The van der Waals surface area contributed by atoms with Gasteiger partial charge in [0.25, 0.3) is 0 Å². The van der Waals surface area contributed by atoms with Gasteiger partial charge in [-0.1, -0.05) is 141 Å². The Hall–Kier alpha value is -5.34. The van der Waals surface area contributed by atoms with Gasteiger partial charge in [0.15, 0.2) is 0 Å². The summed E-state index contributed by atoms with van der Waals surface area (Å²) in [6.07, 6.45) is 13.3. The molecule has 0 aromatic heterocycles. The number of anilines is 6. The van der Waals surface area contributed by atoms with E-state index in [-0.39, 0.29) is 10.8 Å². The monoisotopic (exact) mass is 845 g/mol. The number of aryl methyl sites for hydroxylation is 4. The van der Waals surface area contributed by atoms with Crippen LogP contribution in [-0.4, -0.2) is 0 Å². The first-order chi connectivity index (χ1) is 30.6. The van der Waals surface area contributed by atoms with E-state index in [2.05, 4.69) is 200 Å². The molecule has 2 fully saturated rings. The number of benzene rings is 7. The maximum Gasteiger partial charge on any atom is 0.0620 e. The standard InChI is InChI=1S/C62H72N2/c1-41-33-42(2)36-53(35-41)63(51-27-21-47(22-28-51)45-17-13-11-14-18-45)59-55-31-25-50(62(8,9)10)40-58(55)60(56-32-26-49(39-57(56)59)61(5,6)7)64(54-37-43(3)34-44(4)38-54)52-29-23-48(24-30-52)46-19-15-12-16-20-46/h21-40,45-46H,11-20H2,1-10H3. The van der Waals surface area contributed by atoms with Crippen LogP contribution in [0.2, 0.25) is 0 Å². The first-order valence-corrected chi connectivity index (χ1v) is 24.6. The SMILES string of the molecule is Cc1cc(C)cc(N(c2ccc(C3CCCCC3)cc2)c2c3ccc(C(C)(C)C)cc3c(N(c3ccc(C4CCCCC4)cc3)c3cc(C)cc(C)c3)c3ccc(C(C)(C)C)cc23)c1. The third kappa shape index (κ3) is 8.87. The summed E-state index contributed by atoms with van der Waals surface area (Å²) in [6.45, 7) is 23.1. The molecule has 7 aromatic rings. The van der Waals surface area contributed by atoms with Crippen molar-refractivity contribution in [3.8, 4) is 0 Å². The summed E-state index contributed by atoms with van der Waals surface area (Å²) in [5.41, 5.74) is 17.9. The molecule has 0 bridgehead atoms. The molecular formula is C62H72N2. The molecule has 64 heavy (non-hydrogen) atoms. The molecule has 2 heteroatoms. The number of hydrogen-bond acceptors (Lipinski definition) is 2. The molecule has 0 heterocycles. The van der Waals surface area contributed by atoms with Crippen LogP contribution in [0.1, 0.15) is 162 Å². The zero-order valence-electron chi connectivity index (χ0n) is 40.7. The predicted octanol–water partition coefficient (Wildman–Crippen LogP) is 18.9. The molecule has 0 spiro atoms. The fourth-order valence-corrected chi connectivity index (χ4v) is 11.2. The fourth-order valence-electron chi connectivity index (χ4n) is 11.2. The van der Waals surface area contributed by atoms with Crippen LogP contribution in [0.3, 0.4) is 0 Å². The van der Waals surface area contributed by atoms with Gasteiger partial charge in [0.05, 0.1) is 11.4 Å². The molecule has 2 saturated carbocycles. The van der Waals surface area contributed by atoms with Crippen LogP contribution in [0.5, 0.6) is 0 Å². The Labute approximate surface area is 385 Å². The van der Waals surface area contributed by atoms with Crippen molar-refractivity contribution in [2.45, 2.75) is 156 Å². The minimum absolute atomic E-state index is 0.0502. The van der Waals surface area contributed by atoms with Crippen molar-refractivity contribution >= 4 is 55.7 Å². The molecule has 0 radical (unpaired) electrons. The van der Waals surface area contributed by atoms with Crippen molar-refractivity contribution in [1.29, 1.82) is 0 Å². The first-order valence-electron chi connectivity index (χ1n) is 24.6. The van der Waals surface area contributed by atoms with Gasteiger partial charge in [-0.15, -0.1) is 0 Å². The lowest BCUT2D eigenvalue weighted by Gasteiger charge is -2.35. The normalized spacial score (nSPS) is 15.5. The summed E-state index contributed by atoms with van der Waals surface area (Å²) in [4.78, 5) is 5.20. The summed E-state index contributed by atoms with van der Waals surface area (Å²) in [6, 6.07) is 48.4. The van der Waals surface area contributed by atoms with Crippen LogP contribution in [-0.2, 0) is 10.8 Å². The maximum absolute atomic E-state index is 2.60. The minimum atomic E-state index is -0.0502. The maximum atomic E-state index is 2.60. The van der Waals surface area contributed by atoms with Crippen molar-refractivity contribution in [2.24, 2.45) is 0 Å². The van der Waals surface area contributed by atoms with Gasteiger partial charge >= 0.3 is 0 Å². The van der Waals surface area contributed by atoms with E-state index in [0.29, 0.717) is 11.8 Å². The van der Waals surface area contributed by atoms with E-state index in [1.54, 1.807) is 0 Å². The topological polar surface area (TPSA) is 6.48 Å². The molecule has 0 unspecified atom stereocenters. The van der Waals surface area contributed by atoms with E-state index in [1.807, 2.05) is 0 Å². The zero-order chi connectivity index (χ0) is 44.9. The van der Waals surface area contributed by atoms with E-state index in [1.165, 1.54) is 164 Å². The van der Waals surface area contributed by atoms with Crippen molar-refractivity contribution in [1.82, 2.24) is 0 Å². The molecule has 0 saturated heterocycles. The Morgan fingerprint density at radius 2 is 0.672 bits per heavy atom. The highest BCUT2D eigenvalue weighted by Crippen LogP contribution is 2.53. The van der Waals surface area contributed by atoms with Crippen molar-refractivity contribution in [2.75, 3.05) is 9.80 Å². The van der Waals surface area contributed by atoms with Gasteiger partial charge < -0.3 is 9.80 Å². The highest BCUT2D eigenvalue weighted by atomic mass is 15.2. The van der Waals surface area contributed by atoms with Gasteiger partial charge in [0, 0.05) is 44.3 Å². The van der Waals surface area contributed by atoms with Gasteiger partial charge in [0.1, 0.15) is 0 Å².